The molecule has 1 N–H and O–H groups in total. The summed E-state index contributed by atoms with van der Waals surface area (Å²) in [7, 11) is 0. The highest BCUT2D eigenvalue weighted by Gasteiger charge is 2.67. The molecule has 2 bridgehead atoms. The number of imide groups is 1. The molecule has 5 heteroatoms. The van der Waals surface area contributed by atoms with E-state index in [1.54, 1.807) is 0 Å². The first kappa shape index (κ1) is 15.8. The summed E-state index contributed by atoms with van der Waals surface area (Å²) in [5.74, 6) is 0.503. The summed E-state index contributed by atoms with van der Waals surface area (Å²) in [6.45, 7) is 1.73. The lowest BCUT2D eigenvalue weighted by atomic mass is 9.63. The van der Waals surface area contributed by atoms with Crippen molar-refractivity contribution in [3.8, 4) is 0 Å². The number of hydrogen-bond acceptors (Lipinski definition) is 3. The molecule has 1 aromatic carbocycles. The first-order chi connectivity index (χ1) is 12.6. The minimum Gasteiger partial charge on any atom is -0.348 e. The van der Waals surface area contributed by atoms with E-state index < -0.39 is 0 Å². The van der Waals surface area contributed by atoms with Crippen molar-refractivity contribution in [2.45, 2.75) is 19.4 Å². The van der Waals surface area contributed by atoms with E-state index >= 15 is 0 Å². The number of carbonyl (C=O) groups is 3. The van der Waals surface area contributed by atoms with Gasteiger partial charge in [-0.25, -0.2) is 0 Å². The molecule has 0 aromatic heterocycles. The van der Waals surface area contributed by atoms with Crippen molar-refractivity contribution < 1.29 is 14.4 Å². The van der Waals surface area contributed by atoms with Crippen molar-refractivity contribution in [1.29, 1.82) is 0 Å². The SMILES string of the molecule is C[C@H](NC(=O)CN1C(=O)[C@@H]2[C@@H]3C=C[C@H]([C@H]4C[C@H]34)[C@@H]2C1=O)c1ccccc1. The van der Waals surface area contributed by atoms with Crippen LogP contribution < -0.4 is 5.32 Å². The highest BCUT2D eigenvalue weighted by molar-refractivity contribution is 6.08. The summed E-state index contributed by atoms with van der Waals surface area (Å²) in [4.78, 5) is 39.4. The zero-order chi connectivity index (χ0) is 18.0. The Morgan fingerprint density at radius 2 is 1.65 bits per heavy atom. The Hall–Kier alpha value is -2.43. The van der Waals surface area contributed by atoms with E-state index in [0.717, 1.165) is 12.0 Å². The van der Waals surface area contributed by atoms with Crippen LogP contribution in [0.5, 0.6) is 0 Å². The molecule has 26 heavy (non-hydrogen) atoms. The van der Waals surface area contributed by atoms with Gasteiger partial charge in [-0.3, -0.25) is 19.3 Å². The molecule has 0 radical (unpaired) electrons. The third-order valence-electron chi connectivity index (χ3n) is 6.73. The quantitative estimate of drug-likeness (QED) is 0.666. The van der Waals surface area contributed by atoms with E-state index in [1.165, 1.54) is 4.90 Å². The summed E-state index contributed by atoms with van der Waals surface area (Å²) in [6, 6.07) is 9.50. The van der Waals surface area contributed by atoms with E-state index in [-0.39, 0.29) is 54.0 Å². The molecule has 1 aromatic rings. The Balaban J connectivity index is 1.29. The van der Waals surface area contributed by atoms with Crippen molar-refractivity contribution in [2.24, 2.45) is 35.5 Å². The van der Waals surface area contributed by atoms with Crippen LogP contribution in [0.25, 0.3) is 0 Å². The number of amides is 3. The third-order valence-corrected chi connectivity index (χ3v) is 6.73. The molecule has 0 spiro atoms. The van der Waals surface area contributed by atoms with Crippen LogP contribution in [0.3, 0.4) is 0 Å². The molecule has 7 atom stereocenters. The second-order valence-corrected chi connectivity index (χ2v) is 8.12. The molecular formula is C21H22N2O3. The number of rotatable bonds is 4. The van der Waals surface area contributed by atoms with Gasteiger partial charge >= 0.3 is 0 Å². The summed E-state index contributed by atoms with van der Waals surface area (Å²) in [6.07, 6.45) is 5.43. The number of nitrogens with zero attached hydrogens (tertiary/aromatic N) is 1. The zero-order valence-corrected chi connectivity index (χ0v) is 14.7. The lowest BCUT2D eigenvalue weighted by Gasteiger charge is -2.37. The summed E-state index contributed by atoms with van der Waals surface area (Å²) >= 11 is 0. The van der Waals surface area contributed by atoms with E-state index in [1.807, 2.05) is 37.3 Å². The largest absolute Gasteiger partial charge is 0.348 e. The van der Waals surface area contributed by atoms with Gasteiger partial charge in [-0.05, 0) is 42.6 Å². The summed E-state index contributed by atoms with van der Waals surface area (Å²) in [5.41, 5.74) is 0.996. The molecule has 0 unspecified atom stereocenters. The van der Waals surface area contributed by atoms with E-state index in [4.69, 9.17) is 0 Å². The van der Waals surface area contributed by atoms with Crippen LogP contribution in [0.4, 0.5) is 0 Å². The molecule has 3 amide bonds. The van der Waals surface area contributed by atoms with E-state index in [0.29, 0.717) is 11.8 Å². The number of benzene rings is 1. The zero-order valence-electron chi connectivity index (χ0n) is 14.7. The molecule has 6 rings (SSSR count). The Morgan fingerprint density at radius 1 is 1.08 bits per heavy atom. The van der Waals surface area contributed by atoms with Crippen LogP contribution in [0.1, 0.15) is 24.9 Å². The predicted octanol–water partition coefficient (Wildman–Crippen LogP) is 1.92. The molecule has 3 fully saturated rings. The van der Waals surface area contributed by atoms with Crippen LogP contribution in [-0.2, 0) is 14.4 Å². The van der Waals surface area contributed by atoms with Crippen LogP contribution in [0, 0.1) is 35.5 Å². The third kappa shape index (κ3) is 2.19. The minimum absolute atomic E-state index is 0.146. The molecule has 2 saturated carbocycles. The normalized spacial score (nSPS) is 37.3. The lowest BCUT2D eigenvalue weighted by Crippen LogP contribution is -2.42. The van der Waals surface area contributed by atoms with Gasteiger partial charge in [-0.1, -0.05) is 42.5 Å². The molecule has 1 aliphatic heterocycles. The Morgan fingerprint density at radius 3 is 2.23 bits per heavy atom. The van der Waals surface area contributed by atoms with Crippen molar-refractivity contribution in [1.82, 2.24) is 10.2 Å². The Labute approximate surface area is 152 Å². The first-order valence-corrected chi connectivity index (χ1v) is 9.44. The van der Waals surface area contributed by atoms with Gasteiger partial charge in [0.05, 0.1) is 17.9 Å². The minimum atomic E-state index is -0.285. The average molecular weight is 350 g/mol. The van der Waals surface area contributed by atoms with Crippen molar-refractivity contribution in [3.05, 3.63) is 48.0 Å². The molecule has 134 valence electrons. The van der Waals surface area contributed by atoms with Crippen molar-refractivity contribution in [2.75, 3.05) is 6.54 Å². The number of allylic oxidation sites excluding steroid dienone is 2. The Bertz CT molecular complexity index is 782. The molecule has 1 heterocycles. The van der Waals surface area contributed by atoms with Crippen LogP contribution >= 0.6 is 0 Å². The van der Waals surface area contributed by atoms with E-state index in [9.17, 15) is 14.4 Å². The maximum absolute atomic E-state index is 12.9. The van der Waals surface area contributed by atoms with Gasteiger partial charge in [-0.2, -0.15) is 0 Å². The van der Waals surface area contributed by atoms with Crippen LogP contribution in [-0.4, -0.2) is 29.2 Å². The molecular weight excluding hydrogens is 328 g/mol. The van der Waals surface area contributed by atoms with Crippen LogP contribution in [0.15, 0.2) is 42.5 Å². The van der Waals surface area contributed by atoms with Crippen LogP contribution in [0.2, 0.25) is 0 Å². The standard InChI is InChI=1S/C21H22N2O3/c1-11(12-5-3-2-4-6-12)22-17(24)10-23-20(25)18-13-7-8-14(16-9-15(13)16)19(18)21(23)26/h2-8,11,13-16,18-19H,9-10H2,1H3,(H,22,24)/t11-,13+,14+,15+,16+,18-,19+/m0/s1. The summed E-state index contributed by atoms with van der Waals surface area (Å²) in [5, 5.41) is 2.90. The van der Waals surface area contributed by atoms with Gasteiger partial charge < -0.3 is 5.32 Å². The predicted molar refractivity (Wildman–Crippen MR) is 94.4 cm³/mol. The monoisotopic (exact) mass is 350 g/mol. The number of likely N-dealkylation sites (tertiary alicyclic amines) is 1. The molecule has 1 saturated heterocycles. The first-order valence-electron chi connectivity index (χ1n) is 9.44. The summed E-state index contributed by atoms with van der Waals surface area (Å²) < 4.78 is 0. The topological polar surface area (TPSA) is 66.5 Å². The van der Waals surface area contributed by atoms with Gasteiger partial charge in [0.2, 0.25) is 17.7 Å². The highest BCUT2D eigenvalue weighted by Crippen LogP contribution is 2.65. The van der Waals surface area contributed by atoms with Crippen molar-refractivity contribution in [3.63, 3.8) is 0 Å². The fourth-order valence-corrected chi connectivity index (χ4v) is 5.43. The maximum Gasteiger partial charge on any atom is 0.240 e. The fraction of sp³-hybridized carbons (Fsp3) is 0.476. The Kier molecular flexibility index (Phi) is 3.36. The lowest BCUT2D eigenvalue weighted by molar-refractivity contribution is -0.144. The number of hydrogen-bond donors (Lipinski definition) is 1. The number of carbonyl (C=O) groups excluding carboxylic acids is 3. The van der Waals surface area contributed by atoms with Gasteiger partial charge in [0, 0.05) is 0 Å². The van der Waals surface area contributed by atoms with Gasteiger partial charge in [-0.15, -0.1) is 0 Å². The second kappa shape index (κ2) is 5.53. The molecule has 4 aliphatic carbocycles. The maximum atomic E-state index is 12.9. The molecule has 5 nitrogen and oxygen atoms in total. The van der Waals surface area contributed by atoms with Crippen molar-refractivity contribution >= 4 is 17.7 Å². The number of nitrogens with one attached hydrogen (secondary N) is 1. The van der Waals surface area contributed by atoms with Gasteiger partial charge in [0.1, 0.15) is 6.54 Å². The van der Waals surface area contributed by atoms with Gasteiger partial charge in [0.15, 0.2) is 0 Å². The second-order valence-electron chi connectivity index (χ2n) is 8.12. The average Bonchev–Trinajstić information content (AvgIpc) is 3.43. The fourth-order valence-electron chi connectivity index (χ4n) is 5.43. The highest BCUT2D eigenvalue weighted by atomic mass is 16.2. The van der Waals surface area contributed by atoms with Gasteiger partial charge in [0.25, 0.3) is 0 Å². The smallest absolute Gasteiger partial charge is 0.240 e. The van der Waals surface area contributed by atoms with E-state index in [2.05, 4.69) is 17.5 Å². The molecule has 5 aliphatic rings.